The van der Waals surface area contributed by atoms with Crippen molar-refractivity contribution >= 4 is 33.5 Å². The molecule has 1 N–H and O–H groups in total. The van der Waals surface area contributed by atoms with Crippen LogP contribution in [0.5, 0.6) is 0 Å². The van der Waals surface area contributed by atoms with Crippen molar-refractivity contribution in [3.05, 3.63) is 46.1 Å². The van der Waals surface area contributed by atoms with Crippen molar-refractivity contribution in [2.45, 2.75) is 30.9 Å². The molecule has 3 nitrogen and oxygen atoms in total. The van der Waals surface area contributed by atoms with Crippen LogP contribution in [-0.4, -0.2) is 16.5 Å². The van der Waals surface area contributed by atoms with E-state index in [1.54, 1.807) is 12.1 Å². The van der Waals surface area contributed by atoms with Gasteiger partial charge in [-0.1, -0.05) is 19.1 Å². The molecule has 0 amide bonds. The van der Waals surface area contributed by atoms with Crippen LogP contribution in [0.15, 0.2) is 33.6 Å². The number of rotatable bonds is 6. The molecule has 0 aliphatic rings. The number of nitrogens with zero attached hydrogens (tertiary/aromatic N) is 2. The van der Waals surface area contributed by atoms with Gasteiger partial charge in [0, 0.05) is 11.4 Å². The summed E-state index contributed by atoms with van der Waals surface area (Å²) in [6.45, 7) is 4.89. The van der Waals surface area contributed by atoms with Gasteiger partial charge in [0.2, 0.25) is 0 Å². The predicted molar refractivity (Wildman–Crippen MR) is 89.2 cm³/mol. The monoisotopic (exact) mass is 369 g/mol. The van der Waals surface area contributed by atoms with E-state index in [0.29, 0.717) is 16.5 Å². The highest BCUT2D eigenvalue weighted by atomic mass is 79.9. The van der Waals surface area contributed by atoms with E-state index in [4.69, 9.17) is 0 Å². The van der Waals surface area contributed by atoms with Crippen LogP contribution in [0.4, 0.5) is 10.2 Å². The third kappa shape index (κ3) is 4.41. The van der Waals surface area contributed by atoms with E-state index in [-0.39, 0.29) is 5.82 Å². The highest BCUT2D eigenvalue weighted by Crippen LogP contribution is 2.27. The van der Waals surface area contributed by atoms with Crippen LogP contribution in [0.25, 0.3) is 0 Å². The van der Waals surface area contributed by atoms with Crippen molar-refractivity contribution in [2.24, 2.45) is 0 Å². The SMILES string of the molecule is CCCNc1nc(CSc2ccccc2F)nc(C)c1Br. The van der Waals surface area contributed by atoms with E-state index in [9.17, 15) is 4.39 Å². The van der Waals surface area contributed by atoms with Crippen LogP contribution in [-0.2, 0) is 5.75 Å². The summed E-state index contributed by atoms with van der Waals surface area (Å²) >= 11 is 4.90. The van der Waals surface area contributed by atoms with Crippen LogP contribution < -0.4 is 5.32 Å². The van der Waals surface area contributed by atoms with E-state index >= 15 is 0 Å². The minimum Gasteiger partial charge on any atom is -0.369 e. The summed E-state index contributed by atoms with van der Waals surface area (Å²) in [6, 6.07) is 6.74. The number of hydrogen-bond donors (Lipinski definition) is 1. The number of aryl methyl sites for hydroxylation is 1. The molecule has 0 aliphatic carbocycles. The summed E-state index contributed by atoms with van der Waals surface area (Å²) in [5, 5.41) is 3.27. The first-order chi connectivity index (χ1) is 10.1. The number of nitrogens with one attached hydrogen (secondary N) is 1. The number of benzene rings is 1. The van der Waals surface area contributed by atoms with Gasteiger partial charge in [-0.2, -0.15) is 0 Å². The van der Waals surface area contributed by atoms with Crippen LogP contribution in [0.3, 0.4) is 0 Å². The second-order valence-corrected chi connectivity index (χ2v) is 6.34. The Morgan fingerprint density at radius 3 is 2.76 bits per heavy atom. The lowest BCUT2D eigenvalue weighted by molar-refractivity contribution is 0.602. The van der Waals surface area contributed by atoms with Gasteiger partial charge in [-0.3, -0.25) is 0 Å². The minimum atomic E-state index is -0.208. The zero-order chi connectivity index (χ0) is 15.2. The van der Waals surface area contributed by atoms with E-state index < -0.39 is 0 Å². The van der Waals surface area contributed by atoms with Crippen LogP contribution in [0, 0.1) is 12.7 Å². The van der Waals surface area contributed by atoms with Gasteiger partial charge in [0.1, 0.15) is 17.5 Å². The van der Waals surface area contributed by atoms with Crippen molar-refractivity contribution in [1.29, 1.82) is 0 Å². The maximum atomic E-state index is 13.6. The van der Waals surface area contributed by atoms with Gasteiger partial charge in [0.05, 0.1) is 15.9 Å². The lowest BCUT2D eigenvalue weighted by Crippen LogP contribution is -2.07. The molecule has 1 aromatic heterocycles. The van der Waals surface area contributed by atoms with Gasteiger partial charge in [-0.05, 0) is 41.4 Å². The summed E-state index contributed by atoms with van der Waals surface area (Å²) in [6.07, 6.45) is 1.02. The Morgan fingerprint density at radius 1 is 1.29 bits per heavy atom. The second-order valence-electron chi connectivity index (χ2n) is 4.53. The first-order valence-corrected chi connectivity index (χ1v) is 8.54. The summed E-state index contributed by atoms with van der Waals surface area (Å²) in [7, 11) is 0. The fraction of sp³-hybridized carbons (Fsp3) is 0.333. The quantitative estimate of drug-likeness (QED) is 0.742. The molecule has 2 aromatic rings. The number of anilines is 1. The standard InChI is InChI=1S/C15H17BrFN3S/c1-3-8-18-15-14(16)10(2)19-13(20-15)9-21-12-7-5-4-6-11(12)17/h4-7H,3,8-9H2,1-2H3,(H,18,19,20). The van der Waals surface area contributed by atoms with Crippen LogP contribution in [0.2, 0.25) is 0 Å². The first kappa shape index (κ1) is 16.2. The lowest BCUT2D eigenvalue weighted by atomic mass is 10.3. The average molecular weight is 370 g/mol. The van der Waals surface area contributed by atoms with Crippen LogP contribution >= 0.6 is 27.7 Å². The highest BCUT2D eigenvalue weighted by molar-refractivity contribution is 9.10. The predicted octanol–water partition coefficient (Wildman–Crippen LogP) is 4.80. The third-order valence-electron chi connectivity index (χ3n) is 2.80. The molecule has 112 valence electrons. The molecule has 2 rings (SSSR count). The lowest BCUT2D eigenvalue weighted by Gasteiger charge is -2.10. The summed E-state index contributed by atoms with van der Waals surface area (Å²) in [5.74, 6) is 1.83. The van der Waals surface area contributed by atoms with E-state index in [2.05, 4.69) is 38.1 Å². The van der Waals surface area contributed by atoms with Crippen molar-refractivity contribution in [3.63, 3.8) is 0 Å². The Balaban J connectivity index is 2.13. The molecule has 6 heteroatoms. The molecule has 1 aromatic carbocycles. The fourth-order valence-corrected chi connectivity index (χ4v) is 2.86. The maximum absolute atomic E-state index is 13.6. The van der Waals surface area contributed by atoms with E-state index in [1.807, 2.05) is 13.0 Å². The largest absolute Gasteiger partial charge is 0.369 e. The smallest absolute Gasteiger partial charge is 0.144 e. The van der Waals surface area contributed by atoms with Gasteiger partial charge in [0.15, 0.2) is 0 Å². The Bertz CT molecular complexity index is 622. The first-order valence-electron chi connectivity index (χ1n) is 6.76. The van der Waals surface area contributed by atoms with Crippen molar-refractivity contribution in [2.75, 3.05) is 11.9 Å². The number of hydrogen-bond acceptors (Lipinski definition) is 4. The number of thioether (sulfide) groups is 1. The number of aromatic nitrogens is 2. The molecule has 0 unspecified atom stereocenters. The Kier molecular flexibility index (Phi) is 5.99. The molecular weight excluding hydrogens is 353 g/mol. The summed E-state index contributed by atoms with van der Waals surface area (Å²) in [4.78, 5) is 9.56. The molecule has 0 spiro atoms. The van der Waals surface area contributed by atoms with Gasteiger partial charge in [-0.25, -0.2) is 14.4 Å². The topological polar surface area (TPSA) is 37.8 Å². The zero-order valence-electron chi connectivity index (χ0n) is 12.0. The van der Waals surface area contributed by atoms with Gasteiger partial charge in [-0.15, -0.1) is 11.8 Å². The van der Waals surface area contributed by atoms with E-state index in [0.717, 1.165) is 29.0 Å². The minimum absolute atomic E-state index is 0.208. The summed E-state index contributed by atoms with van der Waals surface area (Å²) < 4.78 is 14.5. The maximum Gasteiger partial charge on any atom is 0.144 e. The molecule has 0 fully saturated rings. The van der Waals surface area contributed by atoms with Crippen LogP contribution in [0.1, 0.15) is 24.9 Å². The fourth-order valence-electron chi connectivity index (χ4n) is 1.75. The average Bonchev–Trinajstić information content (AvgIpc) is 2.48. The molecule has 0 saturated carbocycles. The molecule has 0 aliphatic heterocycles. The molecule has 21 heavy (non-hydrogen) atoms. The van der Waals surface area contributed by atoms with E-state index in [1.165, 1.54) is 17.8 Å². The molecular formula is C15H17BrFN3S. The highest BCUT2D eigenvalue weighted by Gasteiger charge is 2.10. The zero-order valence-corrected chi connectivity index (χ0v) is 14.4. The molecule has 1 heterocycles. The summed E-state index contributed by atoms with van der Waals surface area (Å²) in [5.41, 5.74) is 0.882. The molecule has 0 saturated heterocycles. The van der Waals surface area contributed by atoms with Gasteiger partial charge >= 0.3 is 0 Å². The third-order valence-corrected chi connectivity index (χ3v) is 4.79. The van der Waals surface area contributed by atoms with Crippen molar-refractivity contribution in [1.82, 2.24) is 9.97 Å². The van der Waals surface area contributed by atoms with Gasteiger partial charge < -0.3 is 5.32 Å². The van der Waals surface area contributed by atoms with Crippen molar-refractivity contribution < 1.29 is 4.39 Å². The Morgan fingerprint density at radius 2 is 2.05 bits per heavy atom. The molecule has 0 radical (unpaired) electrons. The van der Waals surface area contributed by atoms with Gasteiger partial charge in [0.25, 0.3) is 0 Å². The molecule has 0 bridgehead atoms. The molecule has 0 atom stereocenters. The number of halogens is 2. The van der Waals surface area contributed by atoms with Crippen molar-refractivity contribution in [3.8, 4) is 0 Å². The Hall–Kier alpha value is -1.14. The normalized spacial score (nSPS) is 10.7. The Labute approximate surface area is 136 Å². The second kappa shape index (κ2) is 7.75.